The van der Waals surface area contributed by atoms with E-state index in [4.69, 9.17) is 9.15 Å². The lowest BCUT2D eigenvalue weighted by Gasteiger charge is -2.17. The van der Waals surface area contributed by atoms with E-state index < -0.39 is 18.0 Å². The van der Waals surface area contributed by atoms with Gasteiger partial charge in [-0.25, -0.2) is 4.79 Å². The molecular weight excluding hydrogens is 394 g/mol. The predicted octanol–water partition coefficient (Wildman–Crippen LogP) is 5.17. The van der Waals surface area contributed by atoms with Crippen molar-refractivity contribution < 1.29 is 23.5 Å². The summed E-state index contributed by atoms with van der Waals surface area (Å²) in [6.07, 6.45) is -1.21. The molecule has 154 valence electrons. The van der Waals surface area contributed by atoms with E-state index in [0.717, 1.165) is 5.39 Å². The highest BCUT2D eigenvalue weighted by Crippen LogP contribution is 2.25. The monoisotopic (exact) mass is 413 g/mol. The molecule has 0 aliphatic rings. The largest absolute Gasteiger partial charge is 0.449 e. The van der Waals surface area contributed by atoms with Crippen LogP contribution in [0.3, 0.4) is 0 Å². The molecule has 1 aromatic heterocycles. The van der Waals surface area contributed by atoms with E-state index in [9.17, 15) is 14.4 Å². The number of furan rings is 1. The minimum atomic E-state index is -1.21. The molecule has 1 amide bonds. The van der Waals surface area contributed by atoms with Gasteiger partial charge in [-0.15, -0.1) is 0 Å². The zero-order valence-corrected chi connectivity index (χ0v) is 16.7. The Balaban J connectivity index is 1.60. The first kappa shape index (κ1) is 20.1. The first-order valence-electron chi connectivity index (χ1n) is 9.67. The van der Waals surface area contributed by atoms with Crippen molar-refractivity contribution in [1.82, 2.24) is 0 Å². The molecule has 0 aliphatic heterocycles. The van der Waals surface area contributed by atoms with Crippen molar-refractivity contribution in [2.24, 2.45) is 0 Å². The lowest BCUT2D eigenvalue weighted by molar-refractivity contribution is -0.125. The number of ether oxygens (including phenoxy) is 1. The van der Waals surface area contributed by atoms with E-state index >= 15 is 0 Å². The van der Waals surface area contributed by atoms with Crippen LogP contribution in [-0.2, 0) is 9.53 Å². The molecule has 0 aliphatic carbocycles. The molecule has 4 aromatic rings. The number of carbonyl (C=O) groups excluding carboxylic acids is 3. The molecule has 1 unspecified atom stereocenters. The van der Waals surface area contributed by atoms with Crippen LogP contribution in [0, 0.1) is 0 Å². The van der Waals surface area contributed by atoms with Crippen LogP contribution < -0.4 is 5.32 Å². The van der Waals surface area contributed by atoms with E-state index in [2.05, 4.69) is 5.32 Å². The Kier molecular flexibility index (Phi) is 5.62. The average molecular weight is 413 g/mol. The van der Waals surface area contributed by atoms with Crippen molar-refractivity contribution in [2.45, 2.75) is 13.0 Å². The third-order valence-electron chi connectivity index (χ3n) is 4.73. The van der Waals surface area contributed by atoms with Gasteiger partial charge in [-0.05, 0) is 31.2 Å². The van der Waals surface area contributed by atoms with E-state index in [0.29, 0.717) is 22.4 Å². The molecule has 6 heteroatoms. The first-order chi connectivity index (χ1) is 15.0. The van der Waals surface area contributed by atoms with Gasteiger partial charge in [-0.3, -0.25) is 9.59 Å². The van der Waals surface area contributed by atoms with Gasteiger partial charge in [0.05, 0.1) is 0 Å². The van der Waals surface area contributed by atoms with Crippen LogP contribution in [0.15, 0.2) is 89.3 Å². The third kappa shape index (κ3) is 4.53. The molecule has 0 bridgehead atoms. The molecule has 4 rings (SSSR count). The molecule has 0 saturated carbocycles. The SMILES string of the molecule is CC(=O)c1cccc(NC(=O)C(OC(=O)c2cc3ccccc3o2)c2ccccc2)c1. The van der Waals surface area contributed by atoms with Gasteiger partial charge in [-0.1, -0.05) is 60.7 Å². The molecule has 31 heavy (non-hydrogen) atoms. The van der Waals surface area contributed by atoms with Gasteiger partial charge in [0.2, 0.25) is 11.9 Å². The fraction of sp³-hybridized carbons (Fsp3) is 0.0800. The quantitative estimate of drug-likeness (QED) is 0.348. The van der Waals surface area contributed by atoms with Gasteiger partial charge >= 0.3 is 5.97 Å². The highest BCUT2D eigenvalue weighted by atomic mass is 16.6. The standard InChI is InChI=1S/C25H19NO5/c1-16(27)18-11-7-12-20(14-18)26-24(28)23(17-8-3-2-4-9-17)31-25(29)22-15-19-10-5-6-13-21(19)30-22/h2-15,23H,1H3,(H,26,28). The van der Waals surface area contributed by atoms with Crippen molar-refractivity contribution in [3.05, 3.63) is 102 Å². The second kappa shape index (κ2) is 8.67. The lowest BCUT2D eigenvalue weighted by atomic mass is 10.1. The number of fused-ring (bicyclic) bond motifs is 1. The molecule has 1 N–H and O–H groups in total. The van der Waals surface area contributed by atoms with Crippen LogP contribution in [0.2, 0.25) is 0 Å². The summed E-state index contributed by atoms with van der Waals surface area (Å²) in [5.41, 5.74) is 1.95. The number of carbonyl (C=O) groups is 3. The summed E-state index contributed by atoms with van der Waals surface area (Å²) < 4.78 is 11.1. The van der Waals surface area contributed by atoms with Crippen LogP contribution in [0.5, 0.6) is 0 Å². The summed E-state index contributed by atoms with van der Waals surface area (Å²) in [5, 5.41) is 3.48. The topological polar surface area (TPSA) is 85.6 Å². The summed E-state index contributed by atoms with van der Waals surface area (Å²) in [6, 6.07) is 24.0. The summed E-state index contributed by atoms with van der Waals surface area (Å²) in [5.74, 6) is -1.41. The predicted molar refractivity (Wildman–Crippen MR) is 116 cm³/mol. The number of rotatable bonds is 6. The number of para-hydroxylation sites is 1. The number of nitrogens with one attached hydrogen (secondary N) is 1. The molecule has 1 atom stereocenters. The minimum absolute atomic E-state index is 0.00788. The highest BCUT2D eigenvalue weighted by Gasteiger charge is 2.27. The number of anilines is 1. The maximum Gasteiger partial charge on any atom is 0.375 e. The molecule has 0 saturated heterocycles. The van der Waals surface area contributed by atoms with Crippen molar-refractivity contribution in [2.75, 3.05) is 5.32 Å². The van der Waals surface area contributed by atoms with Gasteiger partial charge in [0.1, 0.15) is 5.58 Å². The second-order valence-electron chi connectivity index (χ2n) is 6.97. The lowest BCUT2D eigenvalue weighted by Crippen LogP contribution is -2.26. The maximum absolute atomic E-state index is 13.0. The molecule has 0 fully saturated rings. The summed E-state index contributed by atoms with van der Waals surface area (Å²) in [6.45, 7) is 1.45. The smallest absolute Gasteiger partial charge is 0.375 e. The van der Waals surface area contributed by atoms with Gasteiger partial charge in [0.25, 0.3) is 5.91 Å². The van der Waals surface area contributed by atoms with E-state index in [1.807, 2.05) is 12.1 Å². The molecule has 6 nitrogen and oxygen atoms in total. The van der Waals surface area contributed by atoms with Crippen LogP contribution in [0.1, 0.15) is 39.5 Å². The van der Waals surface area contributed by atoms with Gasteiger partial charge in [-0.2, -0.15) is 0 Å². The Bertz CT molecular complexity index is 1230. The molecular formula is C25H19NO5. The van der Waals surface area contributed by atoms with Gasteiger partial charge in [0.15, 0.2) is 5.78 Å². The number of benzene rings is 3. The summed E-state index contributed by atoms with van der Waals surface area (Å²) in [7, 11) is 0. The highest BCUT2D eigenvalue weighted by molar-refractivity contribution is 6.00. The van der Waals surface area contributed by atoms with Crippen LogP contribution in [0.4, 0.5) is 5.69 Å². The molecule has 1 heterocycles. The summed E-state index contributed by atoms with van der Waals surface area (Å²) >= 11 is 0. The van der Waals surface area contributed by atoms with Gasteiger partial charge < -0.3 is 14.5 Å². The van der Waals surface area contributed by atoms with Crippen molar-refractivity contribution in [1.29, 1.82) is 0 Å². The Labute approximate surface area is 178 Å². The maximum atomic E-state index is 13.0. The van der Waals surface area contributed by atoms with Crippen LogP contribution in [-0.4, -0.2) is 17.7 Å². The number of amides is 1. The molecule has 0 spiro atoms. The Hall–Kier alpha value is -4.19. The zero-order chi connectivity index (χ0) is 21.8. The fourth-order valence-electron chi connectivity index (χ4n) is 3.17. The number of Topliss-reactive ketones (excluding diaryl/α,β-unsaturated/α-hetero) is 1. The number of hydrogen-bond donors (Lipinski definition) is 1. The Morgan fingerprint density at radius 1 is 0.871 bits per heavy atom. The fourth-order valence-corrected chi connectivity index (χ4v) is 3.17. The van der Waals surface area contributed by atoms with E-state index in [1.54, 1.807) is 72.8 Å². The van der Waals surface area contributed by atoms with Crippen molar-refractivity contribution >= 4 is 34.3 Å². The molecule has 3 aromatic carbocycles. The molecule has 0 radical (unpaired) electrons. The van der Waals surface area contributed by atoms with Crippen molar-refractivity contribution in [3.63, 3.8) is 0 Å². The Morgan fingerprint density at radius 3 is 2.35 bits per heavy atom. The normalized spacial score (nSPS) is 11.6. The zero-order valence-electron chi connectivity index (χ0n) is 16.7. The summed E-state index contributed by atoms with van der Waals surface area (Å²) in [4.78, 5) is 37.4. The number of hydrogen-bond acceptors (Lipinski definition) is 5. The van der Waals surface area contributed by atoms with Crippen LogP contribution >= 0.6 is 0 Å². The van der Waals surface area contributed by atoms with E-state index in [-0.39, 0.29) is 11.5 Å². The first-order valence-corrected chi connectivity index (χ1v) is 9.67. The second-order valence-corrected chi connectivity index (χ2v) is 6.97. The Morgan fingerprint density at radius 2 is 1.61 bits per heavy atom. The van der Waals surface area contributed by atoms with Crippen LogP contribution in [0.25, 0.3) is 11.0 Å². The van der Waals surface area contributed by atoms with Gasteiger partial charge in [0, 0.05) is 22.2 Å². The average Bonchev–Trinajstić information content (AvgIpc) is 3.22. The number of esters is 1. The van der Waals surface area contributed by atoms with E-state index in [1.165, 1.54) is 6.92 Å². The third-order valence-corrected chi connectivity index (χ3v) is 4.73. The van der Waals surface area contributed by atoms with Crippen molar-refractivity contribution in [3.8, 4) is 0 Å². The minimum Gasteiger partial charge on any atom is -0.449 e. The number of ketones is 1.